The van der Waals surface area contributed by atoms with Gasteiger partial charge in [0, 0.05) is 38.2 Å². The number of carbonyl (C=O) groups excluding carboxylic acids is 1. The zero-order chi connectivity index (χ0) is 16.8. The number of halogens is 2. The lowest BCUT2D eigenvalue weighted by Gasteiger charge is -2.28. The second-order valence-electron chi connectivity index (χ2n) is 5.96. The fourth-order valence-electron chi connectivity index (χ4n) is 2.97. The standard InChI is InChI=1S/C17H23N5O2.2ClH/c1-2-11-22(13-8-10-18-12-13)16(23)7-6-15-20-17(21-24-15)14-5-3-4-9-19-14;;/h3-5,9,13,18H,2,6-8,10-12H2,1H3;2*1H. The number of hydrogen-bond donors (Lipinski definition) is 1. The highest BCUT2D eigenvalue weighted by Crippen LogP contribution is 2.15. The average molecular weight is 402 g/mol. The molecule has 1 saturated heterocycles. The number of nitrogens with one attached hydrogen (secondary N) is 1. The number of rotatable bonds is 7. The molecule has 0 radical (unpaired) electrons. The van der Waals surface area contributed by atoms with E-state index in [0.717, 1.165) is 32.5 Å². The van der Waals surface area contributed by atoms with Gasteiger partial charge < -0.3 is 14.7 Å². The Morgan fingerprint density at radius 2 is 2.23 bits per heavy atom. The highest BCUT2D eigenvalue weighted by atomic mass is 35.5. The van der Waals surface area contributed by atoms with Gasteiger partial charge in [0.2, 0.25) is 17.6 Å². The van der Waals surface area contributed by atoms with Gasteiger partial charge in [-0.15, -0.1) is 24.8 Å². The van der Waals surface area contributed by atoms with E-state index in [0.29, 0.717) is 36.3 Å². The molecule has 1 amide bonds. The van der Waals surface area contributed by atoms with Gasteiger partial charge in [-0.1, -0.05) is 18.1 Å². The van der Waals surface area contributed by atoms with E-state index in [1.54, 1.807) is 6.20 Å². The van der Waals surface area contributed by atoms with Gasteiger partial charge in [-0.05, 0) is 31.5 Å². The third-order valence-corrected chi connectivity index (χ3v) is 4.17. The van der Waals surface area contributed by atoms with Crippen LogP contribution in [0.1, 0.15) is 32.1 Å². The summed E-state index contributed by atoms with van der Waals surface area (Å²) in [6, 6.07) is 5.85. The van der Waals surface area contributed by atoms with E-state index in [9.17, 15) is 4.79 Å². The zero-order valence-electron chi connectivity index (χ0n) is 14.8. The number of nitrogens with zero attached hydrogens (tertiary/aromatic N) is 4. The van der Waals surface area contributed by atoms with Gasteiger partial charge in [-0.3, -0.25) is 9.78 Å². The number of pyridine rings is 1. The first-order chi connectivity index (χ1) is 11.8. The maximum absolute atomic E-state index is 12.6. The van der Waals surface area contributed by atoms with Crippen molar-refractivity contribution in [2.24, 2.45) is 0 Å². The van der Waals surface area contributed by atoms with E-state index in [1.807, 2.05) is 23.1 Å². The monoisotopic (exact) mass is 401 g/mol. The molecule has 1 fully saturated rings. The molecule has 1 unspecified atom stereocenters. The van der Waals surface area contributed by atoms with Crippen molar-refractivity contribution < 1.29 is 9.32 Å². The third kappa shape index (κ3) is 5.65. The van der Waals surface area contributed by atoms with Crippen molar-refractivity contribution in [2.75, 3.05) is 19.6 Å². The largest absolute Gasteiger partial charge is 0.339 e. The summed E-state index contributed by atoms with van der Waals surface area (Å²) in [4.78, 5) is 23.1. The summed E-state index contributed by atoms with van der Waals surface area (Å²) in [6.07, 6.45) is 4.52. The minimum Gasteiger partial charge on any atom is -0.339 e. The molecule has 1 N–H and O–H groups in total. The van der Waals surface area contributed by atoms with Crippen molar-refractivity contribution in [1.29, 1.82) is 0 Å². The zero-order valence-corrected chi connectivity index (χ0v) is 16.4. The number of carbonyl (C=O) groups is 1. The summed E-state index contributed by atoms with van der Waals surface area (Å²) in [5.74, 6) is 1.09. The minimum atomic E-state index is 0. The van der Waals surface area contributed by atoms with Crippen molar-refractivity contribution in [2.45, 2.75) is 38.6 Å². The second-order valence-corrected chi connectivity index (χ2v) is 5.96. The van der Waals surface area contributed by atoms with Gasteiger partial charge in [0.15, 0.2) is 0 Å². The lowest BCUT2D eigenvalue weighted by Crippen LogP contribution is -2.42. The topological polar surface area (TPSA) is 84.2 Å². The molecule has 3 heterocycles. The van der Waals surface area contributed by atoms with Crippen LogP contribution < -0.4 is 5.32 Å². The fraction of sp³-hybridized carbons (Fsp3) is 0.529. The molecule has 1 atom stereocenters. The first-order valence-electron chi connectivity index (χ1n) is 8.52. The van der Waals surface area contributed by atoms with Crippen LogP contribution in [0.25, 0.3) is 11.5 Å². The molecule has 3 rings (SSSR count). The summed E-state index contributed by atoms with van der Waals surface area (Å²) in [7, 11) is 0. The molecule has 144 valence electrons. The van der Waals surface area contributed by atoms with Crippen molar-refractivity contribution in [3.8, 4) is 11.5 Å². The molecular formula is C17H25Cl2N5O2. The van der Waals surface area contributed by atoms with Crippen LogP contribution >= 0.6 is 24.8 Å². The molecule has 2 aromatic heterocycles. The van der Waals surface area contributed by atoms with Crippen LogP contribution in [0.4, 0.5) is 0 Å². The van der Waals surface area contributed by atoms with Crippen LogP contribution in [0, 0.1) is 0 Å². The van der Waals surface area contributed by atoms with Gasteiger partial charge in [-0.25, -0.2) is 0 Å². The molecule has 9 heteroatoms. The van der Waals surface area contributed by atoms with Crippen molar-refractivity contribution in [3.63, 3.8) is 0 Å². The van der Waals surface area contributed by atoms with Gasteiger partial charge in [-0.2, -0.15) is 4.98 Å². The molecule has 0 saturated carbocycles. The van der Waals surface area contributed by atoms with E-state index >= 15 is 0 Å². The Kier molecular flexibility index (Phi) is 9.54. The van der Waals surface area contributed by atoms with Crippen LogP contribution in [0.2, 0.25) is 0 Å². The lowest BCUT2D eigenvalue weighted by atomic mass is 10.1. The smallest absolute Gasteiger partial charge is 0.227 e. The predicted molar refractivity (Wildman–Crippen MR) is 104 cm³/mol. The maximum atomic E-state index is 12.6. The van der Waals surface area contributed by atoms with E-state index in [1.165, 1.54) is 0 Å². The number of hydrogen-bond acceptors (Lipinski definition) is 6. The predicted octanol–water partition coefficient (Wildman–Crippen LogP) is 2.51. The van der Waals surface area contributed by atoms with Crippen LogP contribution in [-0.4, -0.2) is 51.6 Å². The lowest BCUT2D eigenvalue weighted by molar-refractivity contribution is -0.133. The Hall–Kier alpha value is -1.70. The van der Waals surface area contributed by atoms with Crippen LogP contribution in [0.15, 0.2) is 28.9 Å². The summed E-state index contributed by atoms with van der Waals surface area (Å²) < 4.78 is 5.25. The molecular weight excluding hydrogens is 377 g/mol. The molecule has 0 aromatic carbocycles. The van der Waals surface area contributed by atoms with Gasteiger partial charge in [0.05, 0.1) is 0 Å². The Labute approximate surface area is 165 Å². The van der Waals surface area contributed by atoms with E-state index in [4.69, 9.17) is 4.52 Å². The van der Waals surface area contributed by atoms with Crippen molar-refractivity contribution in [3.05, 3.63) is 30.3 Å². The van der Waals surface area contributed by atoms with Crippen LogP contribution in [0.3, 0.4) is 0 Å². The van der Waals surface area contributed by atoms with E-state index in [2.05, 4.69) is 27.4 Å². The average Bonchev–Trinajstić information content (AvgIpc) is 3.30. The molecule has 1 aliphatic rings. The van der Waals surface area contributed by atoms with Crippen molar-refractivity contribution >= 4 is 30.7 Å². The van der Waals surface area contributed by atoms with E-state index in [-0.39, 0.29) is 30.7 Å². The number of aryl methyl sites for hydroxylation is 1. The third-order valence-electron chi connectivity index (χ3n) is 4.17. The first-order valence-corrected chi connectivity index (χ1v) is 8.52. The van der Waals surface area contributed by atoms with E-state index < -0.39 is 0 Å². The number of amides is 1. The SMILES string of the molecule is CCCN(C(=O)CCc1nc(-c2ccccn2)no1)C1CCNC1.Cl.Cl. The van der Waals surface area contributed by atoms with Gasteiger partial charge in [0.1, 0.15) is 5.69 Å². The maximum Gasteiger partial charge on any atom is 0.227 e. The normalized spacial score (nSPS) is 15.8. The molecule has 0 spiro atoms. The summed E-state index contributed by atoms with van der Waals surface area (Å²) in [5, 5.41) is 7.26. The summed E-state index contributed by atoms with van der Waals surface area (Å²) in [6.45, 7) is 4.76. The molecule has 7 nitrogen and oxygen atoms in total. The summed E-state index contributed by atoms with van der Waals surface area (Å²) >= 11 is 0. The molecule has 26 heavy (non-hydrogen) atoms. The first kappa shape index (κ1) is 22.3. The molecule has 0 aliphatic carbocycles. The van der Waals surface area contributed by atoms with Gasteiger partial charge in [0.25, 0.3) is 0 Å². The number of aromatic nitrogens is 3. The quantitative estimate of drug-likeness (QED) is 0.766. The second kappa shape index (κ2) is 11.1. The highest BCUT2D eigenvalue weighted by molar-refractivity contribution is 5.85. The van der Waals surface area contributed by atoms with Crippen LogP contribution in [0.5, 0.6) is 0 Å². The highest BCUT2D eigenvalue weighted by Gasteiger charge is 2.25. The fourth-order valence-corrected chi connectivity index (χ4v) is 2.97. The summed E-state index contributed by atoms with van der Waals surface area (Å²) in [5.41, 5.74) is 0.670. The molecule has 2 aromatic rings. The Morgan fingerprint density at radius 1 is 1.38 bits per heavy atom. The van der Waals surface area contributed by atoms with Gasteiger partial charge >= 0.3 is 0 Å². The van der Waals surface area contributed by atoms with Crippen molar-refractivity contribution in [1.82, 2.24) is 25.3 Å². The minimum absolute atomic E-state index is 0. The molecule has 0 bridgehead atoms. The molecule has 1 aliphatic heterocycles. The Balaban J connectivity index is 0.00000169. The van der Waals surface area contributed by atoms with Crippen LogP contribution in [-0.2, 0) is 11.2 Å². The Morgan fingerprint density at radius 3 is 2.88 bits per heavy atom. The Bertz CT molecular complexity index is 662.